The van der Waals surface area contributed by atoms with E-state index in [2.05, 4.69) is 47.2 Å². The van der Waals surface area contributed by atoms with Gasteiger partial charge < -0.3 is 15.7 Å². The molecule has 1 heterocycles. The molecule has 2 aliphatic rings. The van der Waals surface area contributed by atoms with E-state index in [-0.39, 0.29) is 6.10 Å². The van der Waals surface area contributed by atoms with Crippen molar-refractivity contribution in [2.45, 2.75) is 30.9 Å². The largest absolute Gasteiger partial charge is 0.390 e. The molecule has 0 bridgehead atoms. The van der Waals surface area contributed by atoms with E-state index < -0.39 is 0 Å². The minimum Gasteiger partial charge on any atom is -0.390 e. The predicted molar refractivity (Wildman–Crippen MR) is 89.8 cm³/mol. The molecule has 1 saturated heterocycles. The van der Waals surface area contributed by atoms with Crippen molar-refractivity contribution >= 4 is 0 Å². The highest BCUT2D eigenvalue weighted by molar-refractivity contribution is 5.22. The molecule has 1 aromatic rings. The van der Waals surface area contributed by atoms with Crippen molar-refractivity contribution in [3.05, 3.63) is 35.9 Å². The lowest BCUT2D eigenvalue weighted by Crippen LogP contribution is -2.39. The van der Waals surface area contributed by atoms with Crippen molar-refractivity contribution in [1.29, 1.82) is 0 Å². The van der Waals surface area contributed by atoms with Gasteiger partial charge in [0, 0.05) is 38.1 Å². The molecule has 0 amide bonds. The molecule has 3 N–H and O–H groups in total. The minimum atomic E-state index is -0.265. The third-order valence-electron chi connectivity index (χ3n) is 5.19. The fourth-order valence-electron chi connectivity index (χ4n) is 3.78. The van der Waals surface area contributed by atoms with Crippen LogP contribution >= 0.6 is 0 Å². The van der Waals surface area contributed by atoms with Crippen LogP contribution in [0, 0.1) is 5.92 Å². The quantitative estimate of drug-likeness (QED) is 0.792. The van der Waals surface area contributed by atoms with Crippen LogP contribution in [0.1, 0.15) is 24.3 Å². The van der Waals surface area contributed by atoms with E-state index in [0.717, 1.165) is 26.2 Å². The van der Waals surface area contributed by atoms with Crippen molar-refractivity contribution < 1.29 is 5.11 Å². The van der Waals surface area contributed by atoms with Crippen LogP contribution in [0.25, 0.3) is 0 Å². The van der Waals surface area contributed by atoms with E-state index in [4.69, 9.17) is 5.73 Å². The van der Waals surface area contributed by atoms with Crippen molar-refractivity contribution in [3.8, 4) is 0 Å². The first-order chi connectivity index (χ1) is 10.7. The summed E-state index contributed by atoms with van der Waals surface area (Å²) in [5, 5.41) is 10.4. The molecule has 1 unspecified atom stereocenters. The van der Waals surface area contributed by atoms with Gasteiger partial charge in [-0.1, -0.05) is 30.3 Å². The third kappa shape index (κ3) is 3.87. The maximum absolute atomic E-state index is 10.4. The zero-order valence-electron chi connectivity index (χ0n) is 13.6. The van der Waals surface area contributed by atoms with E-state index in [1.54, 1.807) is 0 Å². The molecule has 1 aliphatic heterocycles. The Hall–Kier alpha value is -0.940. The number of benzene rings is 1. The molecule has 3 rings (SSSR count). The first-order valence-corrected chi connectivity index (χ1v) is 8.53. The van der Waals surface area contributed by atoms with Gasteiger partial charge in [-0.15, -0.1) is 0 Å². The molecule has 1 saturated carbocycles. The maximum atomic E-state index is 10.4. The number of likely N-dealkylation sites (N-methyl/N-ethyl adjacent to an activating group) is 1. The number of β-amino-alcohol motifs (C(OH)–C–C–N with tert-alkyl or cyclic N) is 1. The second-order valence-corrected chi connectivity index (χ2v) is 7.06. The van der Waals surface area contributed by atoms with Crippen molar-refractivity contribution in [3.63, 3.8) is 0 Å². The zero-order chi connectivity index (χ0) is 15.5. The highest BCUT2D eigenvalue weighted by Crippen LogP contribution is 2.32. The second-order valence-electron chi connectivity index (χ2n) is 7.06. The molecule has 4 nitrogen and oxygen atoms in total. The zero-order valence-corrected chi connectivity index (χ0v) is 13.6. The van der Waals surface area contributed by atoms with Crippen molar-refractivity contribution in [2.75, 3.05) is 39.8 Å². The monoisotopic (exact) mass is 303 g/mol. The molecular weight excluding hydrogens is 274 g/mol. The molecule has 122 valence electrons. The average molecular weight is 303 g/mol. The summed E-state index contributed by atoms with van der Waals surface area (Å²) in [5.41, 5.74) is 7.37. The molecule has 1 aliphatic carbocycles. The van der Waals surface area contributed by atoms with E-state index in [0.29, 0.717) is 24.4 Å². The van der Waals surface area contributed by atoms with Crippen molar-refractivity contribution in [1.82, 2.24) is 9.80 Å². The first kappa shape index (κ1) is 15.9. The summed E-state index contributed by atoms with van der Waals surface area (Å²) in [6.07, 6.45) is 2.31. The molecule has 0 spiro atoms. The molecule has 2 fully saturated rings. The maximum Gasteiger partial charge on any atom is 0.0793 e. The number of aliphatic hydroxyl groups excluding tert-OH is 1. The summed E-state index contributed by atoms with van der Waals surface area (Å²) in [6.45, 7) is 4.27. The first-order valence-electron chi connectivity index (χ1n) is 8.53. The number of likely N-dealkylation sites (tertiary alicyclic amines) is 1. The van der Waals surface area contributed by atoms with Gasteiger partial charge in [0.1, 0.15) is 0 Å². The fourth-order valence-corrected chi connectivity index (χ4v) is 3.78. The SMILES string of the molecule is CN(CC(O)CN1C[C@@H](CN)[C@H](c2ccccc2)C1)C1CC1. The molecular formula is C18H29N3O. The lowest BCUT2D eigenvalue weighted by atomic mass is 9.89. The highest BCUT2D eigenvalue weighted by Gasteiger charge is 2.34. The van der Waals surface area contributed by atoms with E-state index in [1.165, 1.54) is 18.4 Å². The van der Waals surface area contributed by atoms with Crippen LogP contribution in [0.4, 0.5) is 0 Å². The summed E-state index contributed by atoms with van der Waals surface area (Å²) in [7, 11) is 2.13. The van der Waals surface area contributed by atoms with E-state index >= 15 is 0 Å². The van der Waals surface area contributed by atoms with Gasteiger partial charge in [-0.2, -0.15) is 0 Å². The Morgan fingerprint density at radius 1 is 1.27 bits per heavy atom. The number of rotatable bonds is 7. The second kappa shape index (κ2) is 7.09. The van der Waals surface area contributed by atoms with Gasteiger partial charge in [-0.25, -0.2) is 0 Å². The standard InChI is InChI=1S/C18H29N3O/c1-20(16-7-8-16)11-17(22)12-21-10-15(9-19)18(13-21)14-5-3-2-4-6-14/h2-6,15-18,22H,7-13,19H2,1H3/t15-,17?,18+/m1/s1. The van der Waals surface area contributed by atoms with Crippen LogP contribution < -0.4 is 5.73 Å². The number of aliphatic hydroxyl groups is 1. The molecule has 22 heavy (non-hydrogen) atoms. The molecule has 0 radical (unpaired) electrons. The highest BCUT2D eigenvalue weighted by atomic mass is 16.3. The number of nitrogens with zero attached hydrogens (tertiary/aromatic N) is 2. The molecule has 1 aromatic carbocycles. The number of hydrogen-bond acceptors (Lipinski definition) is 4. The Morgan fingerprint density at radius 2 is 2.00 bits per heavy atom. The van der Waals surface area contributed by atoms with Gasteiger partial charge in [0.15, 0.2) is 0 Å². The normalized spacial score (nSPS) is 27.5. The van der Waals surface area contributed by atoms with E-state index in [9.17, 15) is 5.11 Å². The van der Waals surface area contributed by atoms with Crippen LogP contribution in [-0.4, -0.2) is 66.8 Å². The molecule has 4 heteroatoms. The van der Waals surface area contributed by atoms with E-state index in [1.807, 2.05) is 0 Å². The minimum absolute atomic E-state index is 0.265. The van der Waals surface area contributed by atoms with Gasteiger partial charge in [-0.3, -0.25) is 4.90 Å². The summed E-state index contributed by atoms with van der Waals surface area (Å²) in [4.78, 5) is 4.69. The topological polar surface area (TPSA) is 52.7 Å². The average Bonchev–Trinajstić information content (AvgIpc) is 3.29. The van der Waals surface area contributed by atoms with Crippen LogP contribution in [0.5, 0.6) is 0 Å². The van der Waals surface area contributed by atoms with Crippen LogP contribution in [-0.2, 0) is 0 Å². The fraction of sp³-hybridized carbons (Fsp3) is 0.667. The van der Waals surface area contributed by atoms with Gasteiger partial charge in [0.2, 0.25) is 0 Å². The summed E-state index contributed by atoms with van der Waals surface area (Å²) >= 11 is 0. The van der Waals surface area contributed by atoms with Crippen molar-refractivity contribution in [2.24, 2.45) is 11.7 Å². The van der Waals surface area contributed by atoms with Gasteiger partial charge in [0.25, 0.3) is 0 Å². The summed E-state index contributed by atoms with van der Waals surface area (Å²) in [6, 6.07) is 11.4. The summed E-state index contributed by atoms with van der Waals surface area (Å²) < 4.78 is 0. The number of nitrogens with two attached hydrogens (primary N) is 1. The Bertz CT molecular complexity index is 463. The van der Waals surface area contributed by atoms with Gasteiger partial charge >= 0.3 is 0 Å². The molecule has 0 aromatic heterocycles. The Kier molecular flexibility index (Phi) is 5.14. The smallest absolute Gasteiger partial charge is 0.0793 e. The lowest BCUT2D eigenvalue weighted by molar-refractivity contribution is 0.0867. The van der Waals surface area contributed by atoms with Crippen LogP contribution in [0.15, 0.2) is 30.3 Å². The molecule has 3 atom stereocenters. The van der Waals surface area contributed by atoms with Gasteiger partial charge in [0.05, 0.1) is 6.10 Å². The lowest BCUT2D eigenvalue weighted by Gasteiger charge is -2.24. The summed E-state index contributed by atoms with van der Waals surface area (Å²) in [5.74, 6) is 0.996. The predicted octanol–water partition coefficient (Wildman–Crippen LogP) is 1.12. The van der Waals surface area contributed by atoms with Crippen LogP contribution in [0.3, 0.4) is 0 Å². The number of hydrogen-bond donors (Lipinski definition) is 2. The Balaban J connectivity index is 1.54. The van der Waals surface area contributed by atoms with Crippen LogP contribution in [0.2, 0.25) is 0 Å². The third-order valence-corrected chi connectivity index (χ3v) is 5.19. The Labute approximate surface area is 133 Å². The Morgan fingerprint density at radius 3 is 2.64 bits per heavy atom. The van der Waals surface area contributed by atoms with Gasteiger partial charge in [-0.05, 0) is 37.9 Å².